The molecule has 1 aromatic carbocycles. The zero-order valence-electron chi connectivity index (χ0n) is 8.45. The van der Waals surface area contributed by atoms with Gasteiger partial charge in [-0.05, 0) is 6.07 Å². The van der Waals surface area contributed by atoms with E-state index in [1.54, 1.807) is 13.1 Å². The Bertz CT molecular complexity index is 454. The van der Waals surface area contributed by atoms with E-state index in [9.17, 15) is 9.18 Å². The maximum absolute atomic E-state index is 13.3. The molecule has 0 spiro atoms. The highest BCUT2D eigenvalue weighted by Crippen LogP contribution is 2.32. The molecule has 0 fully saturated rings. The van der Waals surface area contributed by atoms with Crippen LogP contribution in [-0.2, 0) is 0 Å². The fourth-order valence-corrected chi connectivity index (χ4v) is 1.51. The van der Waals surface area contributed by atoms with Crippen molar-refractivity contribution in [3.05, 3.63) is 23.5 Å². The molecule has 1 atom stereocenters. The van der Waals surface area contributed by atoms with Gasteiger partial charge in [0.1, 0.15) is 0 Å². The van der Waals surface area contributed by atoms with Gasteiger partial charge in [0.25, 0.3) is 0 Å². The summed E-state index contributed by atoms with van der Waals surface area (Å²) in [6.07, 6.45) is 1.56. The molecule has 15 heavy (non-hydrogen) atoms. The molecule has 1 aliphatic rings. The molecule has 78 valence electrons. The van der Waals surface area contributed by atoms with Crippen LogP contribution in [0.3, 0.4) is 0 Å². The maximum atomic E-state index is 13.3. The van der Waals surface area contributed by atoms with Gasteiger partial charge in [-0.15, -0.1) is 0 Å². The first kappa shape index (κ1) is 9.83. The van der Waals surface area contributed by atoms with Gasteiger partial charge in [-0.1, -0.05) is 6.92 Å². The normalized spacial score (nSPS) is 18.9. The van der Waals surface area contributed by atoms with E-state index < -0.39 is 5.82 Å². The Morgan fingerprint density at radius 2 is 2.20 bits per heavy atom. The molecule has 0 radical (unpaired) electrons. The van der Waals surface area contributed by atoms with Gasteiger partial charge in [-0.25, -0.2) is 4.39 Å². The summed E-state index contributed by atoms with van der Waals surface area (Å²) in [7, 11) is 1.38. The number of methoxy groups -OCH3 is 1. The Kier molecular flexibility index (Phi) is 2.26. The number of aliphatic imine (C=N–C) groups is 1. The van der Waals surface area contributed by atoms with Crippen LogP contribution in [0.25, 0.3) is 0 Å². The molecule has 0 saturated carbocycles. The van der Waals surface area contributed by atoms with E-state index in [2.05, 4.69) is 4.99 Å². The highest BCUT2D eigenvalue weighted by Gasteiger charge is 2.23. The quantitative estimate of drug-likeness (QED) is 0.709. The number of ether oxygens (including phenoxy) is 1. The number of carbonyl (C=O) groups is 1. The molecule has 0 amide bonds. The van der Waals surface area contributed by atoms with Crippen molar-refractivity contribution in [3.63, 3.8) is 0 Å². The summed E-state index contributed by atoms with van der Waals surface area (Å²) >= 11 is 0. The third-order valence-electron chi connectivity index (χ3n) is 2.39. The number of nitrogens with zero attached hydrogens (tertiary/aromatic N) is 1. The first-order valence-corrected chi connectivity index (χ1v) is 4.59. The van der Waals surface area contributed by atoms with Gasteiger partial charge < -0.3 is 4.74 Å². The van der Waals surface area contributed by atoms with Crippen LogP contribution >= 0.6 is 0 Å². The summed E-state index contributed by atoms with van der Waals surface area (Å²) in [5, 5.41) is 0. The van der Waals surface area contributed by atoms with Crippen molar-refractivity contribution in [2.75, 3.05) is 7.11 Å². The van der Waals surface area contributed by atoms with Gasteiger partial charge in [0.15, 0.2) is 17.3 Å². The van der Waals surface area contributed by atoms with Crippen molar-refractivity contribution < 1.29 is 13.9 Å². The van der Waals surface area contributed by atoms with Gasteiger partial charge >= 0.3 is 0 Å². The van der Waals surface area contributed by atoms with Crippen molar-refractivity contribution >= 4 is 17.7 Å². The number of carbonyl (C=O) groups excluding carboxylic acids is 1. The summed E-state index contributed by atoms with van der Waals surface area (Å²) in [6.45, 7) is 1.73. The molecule has 1 heterocycles. The summed E-state index contributed by atoms with van der Waals surface area (Å²) in [4.78, 5) is 15.8. The Labute approximate surface area is 86.6 Å². The molecule has 0 aromatic heterocycles. The highest BCUT2D eigenvalue weighted by atomic mass is 19.1. The van der Waals surface area contributed by atoms with E-state index in [0.29, 0.717) is 11.3 Å². The molecule has 4 heteroatoms. The first-order chi connectivity index (χ1) is 7.13. The zero-order chi connectivity index (χ0) is 11.0. The van der Waals surface area contributed by atoms with Crippen LogP contribution in [0, 0.1) is 11.7 Å². The number of benzene rings is 1. The van der Waals surface area contributed by atoms with Crippen LogP contribution in [-0.4, -0.2) is 19.1 Å². The van der Waals surface area contributed by atoms with Crippen LogP contribution in [0.5, 0.6) is 5.75 Å². The van der Waals surface area contributed by atoms with Crippen LogP contribution in [0.1, 0.15) is 17.3 Å². The Morgan fingerprint density at radius 1 is 1.47 bits per heavy atom. The van der Waals surface area contributed by atoms with Crippen molar-refractivity contribution in [1.82, 2.24) is 0 Å². The minimum atomic E-state index is -0.533. The number of fused-ring (bicyclic) bond motifs is 1. The Hall–Kier alpha value is -1.71. The largest absolute Gasteiger partial charge is 0.494 e. The van der Waals surface area contributed by atoms with Gasteiger partial charge in [0.2, 0.25) is 0 Å². The van der Waals surface area contributed by atoms with Gasteiger partial charge in [-0.3, -0.25) is 9.79 Å². The van der Waals surface area contributed by atoms with Gasteiger partial charge in [0, 0.05) is 17.8 Å². The third-order valence-corrected chi connectivity index (χ3v) is 2.39. The van der Waals surface area contributed by atoms with Crippen LogP contribution in [0.4, 0.5) is 10.1 Å². The molecular formula is C11H10FNO2. The minimum absolute atomic E-state index is 0.105. The molecule has 0 bridgehead atoms. The second-order valence-electron chi connectivity index (χ2n) is 3.43. The molecule has 0 saturated heterocycles. The first-order valence-electron chi connectivity index (χ1n) is 4.59. The third kappa shape index (κ3) is 1.52. The number of hydrogen-bond donors (Lipinski definition) is 0. The number of halogens is 1. The van der Waals surface area contributed by atoms with Crippen molar-refractivity contribution in [2.45, 2.75) is 6.92 Å². The minimum Gasteiger partial charge on any atom is -0.494 e. The smallest absolute Gasteiger partial charge is 0.173 e. The Balaban J connectivity index is 2.59. The van der Waals surface area contributed by atoms with Crippen molar-refractivity contribution in [3.8, 4) is 5.75 Å². The summed E-state index contributed by atoms with van der Waals surface area (Å²) in [5.41, 5.74) is 0.791. The standard InChI is InChI=1S/C11H10FNO2/c1-6-5-13-9-4-10(15-2)8(12)3-7(9)11(6)14/h3-6H,1-2H3. The maximum Gasteiger partial charge on any atom is 0.173 e. The summed E-state index contributed by atoms with van der Waals surface area (Å²) < 4.78 is 18.2. The predicted octanol–water partition coefficient (Wildman–Crippen LogP) is 2.37. The molecule has 3 nitrogen and oxygen atoms in total. The Morgan fingerprint density at radius 3 is 2.87 bits per heavy atom. The van der Waals surface area contributed by atoms with E-state index in [4.69, 9.17) is 4.74 Å². The average molecular weight is 207 g/mol. The lowest BCUT2D eigenvalue weighted by atomic mass is 9.96. The van der Waals surface area contributed by atoms with Crippen molar-refractivity contribution in [2.24, 2.45) is 10.9 Å². The van der Waals surface area contributed by atoms with Gasteiger partial charge in [-0.2, -0.15) is 0 Å². The lowest BCUT2D eigenvalue weighted by Crippen LogP contribution is -2.16. The lowest BCUT2D eigenvalue weighted by Gasteiger charge is -2.14. The molecule has 0 N–H and O–H groups in total. The van der Waals surface area contributed by atoms with Crippen molar-refractivity contribution in [1.29, 1.82) is 0 Å². The van der Waals surface area contributed by atoms with Crippen LogP contribution in [0.2, 0.25) is 0 Å². The topological polar surface area (TPSA) is 38.7 Å². The van der Waals surface area contributed by atoms with Gasteiger partial charge in [0.05, 0.1) is 18.7 Å². The summed E-state index contributed by atoms with van der Waals surface area (Å²) in [5.74, 6) is -0.825. The van der Waals surface area contributed by atoms with Crippen LogP contribution in [0.15, 0.2) is 17.1 Å². The zero-order valence-corrected chi connectivity index (χ0v) is 8.45. The average Bonchev–Trinajstić information content (AvgIpc) is 2.24. The highest BCUT2D eigenvalue weighted by molar-refractivity contribution is 6.12. The number of rotatable bonds is 1. The molecule has 1 aromatic rings. The second-order valence-corrected chi connectivity index (χ2v) is 3.43. The molecule has 2 rings (SSSR count). The fourth-order valence-electron chi connectivity index (χ4n) is 1.51. The van der Waals surface area contributed by atoms with E-state index in [0.717, 1.165) is 0 Å². The van der Waals surface area contributed by atoms with Crippen LogP contribution < -0.4 is 4.74 Å². The number of ketones is 1. The second kappa shape index (κ2) is 3.46. The SMILES string of the molecule is COc1cc2c(cc1F)C(=O)C(C)C=N2. The lowest BCUT2D eigenvalue weighted by molar-refractivity contribution is 0.0962. The fraction of sp³-hybridized carbons (Fsp3) is 0.273. The number of hydrogen-bond acceptors (Lipinski definition) is 3. The molecule has 1 unspecified atom stereocenters. The monoisotopic (exact) mass is 207 g/mol. The molecule has 1 aliphatic heterocycles. The van der Waals surface area contributed by atoms with E-state index in [-0.39, 0.29) is 17.5 Å². The molecular weight excluding hydrogens is 197 g/mol. The number of Topliss-reactive ketones (excluding diaryl/α,β-unsaturated/α-hetero) is 1. The predicted molar refractivity (Wildman–Crippen MR) is 54.6 cm³/mol. The summed E-state index contributed by atoms with van der Waals surface area (Å²) in [6, 6.07) is 2.62. The van der Waals surface area contributed by atoms with E-state index in [1.807, 2.05) is 0 Å². The van der Waals surface area contributed by atoms with E-state index >= 15 is 0 Å². The van der Waals surface area contributed by atoms with E-state index in [1.165, 1.54) is 19.2 Å². The molecule has 0 aliphatic carbocycles.